The Bertz CT molecular complexity index is 617. The molecule has 1 aromatic carbocycles. The normalized spacial score (nSPS) is 20.1. The summed E-state index contributed by atoms with van der Waals surface area (Å²) in [5.41, 5.74) is 1.15. The number of rotatable bonds is 11. The fraction of sp³-hybridized carbons (Fsp3) is 0.750. The van der Waals surface area contributed by atoms with Gasteiger partial charge in [-0.25, -0.2) is 0 Å². The van der Waals surface area contributed by atoms with Crippen LogP contribution in [0.1, 0.15) is 37.7 Å². The van der Waals surface area contributed by atoms with Gasteiger partial charge in [0.05, 0.1) is 20.3 Å². The first kappa shape index (κ1) is 24.3. The maximum atomic E-state index is 10.5. The fourth-order valence-electron chi connectivity index (χ4n) is 4.27. The van der Waals surface area contributed by atoms with Gasteiger partial charge < -0.3 is 29.5 Å². The molecule has 0 aliphatic carbocycles. The topological polar surface area (TPSA) is 66.4 Å². The highest BCUT2D eigenvalue weighted by atomic mass is 16.5. The summed E-state index contributed by atoms with van der Waals surface area (Å²) in [6.45, 7) is 9.56. The van der Waals surface area contributed by atoms with Gasteiger partial charge in [0.1, 0.15) is 12.7 Å². The quantitative estimate of drug-likeness (QED) is 0.516. The molecule has 176 valence electrons. The molecule has 7 nitrogen and oxygen atoms in total. The van der Waals surface area contributed by atoms with Crippen molar-refractivity contribution in [2.75, 3.05) is 72.7 Å². The van der Waals surface area contributed by atoms with Crippen molar-refractivity contribution in [2.24, 2.45) is 0 Å². The first-order valence-electron chi connectivity index (χ1n) is 12.0. The van der Waals surface area contributed by atoms with Crippen LogP contribution < -0.4 is 14.8 Å². The largest absolute Gasteiger partial charge is 0.493 e. The van der Waals surface area contributed by atoms with Gasteiger partial charge in [0, 0.05) is 39.3 Å². The highest BCUT2D eigenvalue weighted by Gasteiger charge is 2.15. The predicted molar refractivity (Wildman–Crippen MR) is 123 cm³/mol. The van der Waals surface area contributed by atoms with Crippen molar-refractivity contribution in [3.8, 4) is 11.5 Å². The molecular weight excluding hydrogens is 394 g/mol. The monoisotopic (exact) mass is 435 g/mol. The fourth-order valence-corrected chi connectivity index (χ4v) is 4.27. The van der Waals surface area contributed by atoms with Crippen molar-refractivity contribution < 1.29 is 19.3 Å². The summed E-state index contributed by atoms with van der Waals surface area (Å²) >= 11 is 0. The number of hydrogen-bond donors (Lipinski definition) is 2. The smallest absolute Gasteiger partial charge is 0.161 e. The van der Waals surface area contributed by atoms with E-state index in [-0.39, 0.29) is 6.61 Å². The lowest BCUT2D eigenvalue weighted by molar-refractivity contribution is 0.0384. The van der Waals surface area contributed by atoms with E-state index >= 15 is 0 Å². The second-order valence-electron chi connectivity index (χ2n) is 8.65. The maximum Gasteiger partial charge on any atom is 0.161 e. The summed E-state index contributed by atoms with van der Waals surface area (Å²) in [4.78, 5) is 4.80. The molecule has 2 saturated heterocycles. The number of likely N-dealkylation sites (tertiary alicyclic amines) is 1. The lowest BCUT2D eigenvalue weighted by Crippen LogP contribution is -2.40. The SMILES string of the molecule is COc1ccc(CNCCN2CCOCC2)cc1OCC(O)CN1CCCCCCC1. The van der Waals surface area contributed by atoms with Gasteiger partial charge in [-0.15, -0.1) is 0 Å². The number of nitrogens with zero attached hydrogens (tertiary/aromatic N) is 2. The molecule has 0 aromatic heterocycles. The van der Waals surface area contributed by atoms with Crippen LogP contribution in [-0.4, -0.2) is 93.8 Å². The van der Waals surface area contributed by atoms with Gasteiger partial charge in [-0.05, 0) is 43.6 Å². The zero-order valence-electron chi connectivity index (χ0n) is 19.2. The Labute approximate surface area is 187 Å². The van der Waals surface area contributed by atoms with Crippen LogP contribution in [0.5, 0.6) is 11.5 Å². The lowest BCUT2D eigenvalue weighted by atomic mass is 10.1. The van der Waals surface area contributed by atoms with Crippen molar-refractivity contribution in [3.63, 3.8) is 0 Å². The highest BCUT2D eigenvalue weighted by molar-refractivity contribution is 5.43. The van der Waals surface area contributed by atoms with E-state index in [9.17, 15) is 5.11 Å². The minimum atomic E-state index is -0.501. The molecule has 2 aliphatic heterocycles. The average Bonchev–Trinajstić information content (AvgIpc) is 2.78. The van der Waals surface area contributed by atoms with E-state index in [1.165, 1.54) is 32.1 Å². The minimum Gasteiger partial charge on any atom is -0.493 e. The summed E-state index contributed by atoms with van der Waals surface area (Å²) in [6.07, 6.45) is 5.89. The summed E-state index contributed by atoms with van der Waals surface area (Å²) in [5.74, 6) is 1.40. The average molecular weight is 436 g/mol. The summed E-state index contributed by atoms with van der Waals surface area (Å²) in [7, 11) is 1.65. The number of benzene rings is 1. The van der Waals surface area contributed by atoms with Crippen LogP contribution >= 0.6 is 0 Å². The number of aliphatic hydroxyl groups excluding tert-OH is 1. The van der Waals surface area contributed by atoms with Crippen molar-refractivity contribution in [1.82, 2.24) is 15.1 Å². The van der Waals surface area contributed by atoms with E-state index in [2.05, 4.69) is 21.2 Å². The van der Waals surface area contributed by atoms with Gasteiger partial charge >= 0.3 is 0 Å². The molecule has 0 bridgehead atoms. The third-order valence-corrected chi connectivity index (χ3v) is 6.11. The molecule has 1 unspecified atom stereocenters. The second kappa shape index (κ2) is 13.9. The van der Waals surface area contributed by atoms with Gasteiger partial charge in [0.15, 0.2) is 11.5 Å². The first-order chi connectivity index (χ1) is 15.2. The standard InChI is InChI=1S/C24H41N3O4/c1-29-23-8-7-21(18-25-9-12-26-13-15-30-16-14-26)17-24(23)31-20-22(28)19-27-10-5-3-2-4-6-11-27/h7-8,17,22,25,28H,2-6,9-16,18-20H2,1H3. The van der Waals surface area contributed by atoms with Crippen molar-refractivity contribution >= 4 is 0 Å². The van der Waals surface area contributed by atoms with Crippen LogP contribution in [0, 0.1) is 0 Å². The molecule has 2 fully saturated rings. The number of nitrogens with one attached hydrogen (secondary N) is 1. The summed E-state index contributed by atoms with van der Waals surface area (Å²) in [5, 5.41) is 14.0. The molecule has 3 rings (SSSR count). The van der Waals surface area contributed by atoms with Crippen LogP contribution in [-0.2, 0) is 11.3 Å². The molecule has 2 N–H and O–H groups in total. The molecule has 7 heteroatoms. The van der Waals surface area contributed by atoms with E-state index in [4.69, 9.17) is 14.2 Å². The summed E-state index contributed by atoms with van der Waals surface area (Å²) in [6, 6.07) is 6.02. The van der Waals surface area contributed by atoms with E-state index in [1.54, 1.807) is 7.11 Å². The second-order valence-corrected chi connectivity index (χ2v) is 8.65. The van der Waals surface area contributed by atoms with Crippen LogP contribution in [0.2, 0.25) is 0 Å². The van der Waals surface area contributed by atoms with Gasteiger partial charge in [-0.1, -0.05) is 25.3 Å². The molecule has 0 amide bonds. The van der Waals surface area contributed by atoms with Crippen LogP contribution in [0.25, 0.3) is 0 Å². The molecule has 1 aromatic rings. The van der Waals surface area contributed by atoms with Crippen molar-refractivity contribution in [2.45, 2.75) is 44.8 Å². The Hall–Kier alpha value is -1.38. The Morgan fingerprint density at radius 1 is 1.00 bits per heavy atom. The third kappa shape index (κ3) is 8.94. The molecule has 1 atom stereocenters. The van der Waals surface area contributed by atoms with Gasteiger partial charge in [0.25, 0.3) is 0 Å². The van der Waals surface area contributed by atoms with Crippen LogP contribution in [0.4, 0.5) is 0 Å². The van der Waals surface area contributed by atoms with Crippen LogP contribution in [0.3, 0.4) is 0 Å². The zero-order valence-corrected chi connectivity index (χ0v) is 19.2. The number of methoxy groups -OCH3 is 1. The molecule has 31 heavy (non-hydrogen) atoms. The predicted octanol–water partition coefficient (Wildman–Crippen LogP) is 2.12. The number of aliphatic hydroxyl groups is 1. The van der Waals surface area contributed by atoms with Crippen LogP contribution in [0.15, 0.2) is 18.2 Å². The Balaban J connectivity index is 1.42. The van der Waals surface area contributed by atoms with Crippen molar-refractivity contribution in [3.05, 3.63) is 23.8 Å². The number of hydrogen-bond acceptors (Lipinski definition) is 7. The van der Waals surface area contributed by atoms with Gasteiger partial charge in [0.2, 0.25) is 0 Å². The number of ether oxygens (including phenoxy) is 3. The molecular formula is C24H41N3O4. The van der Waals surface area contributed by atoms with E-state index in [0.717, 1.165) is 64.6 Å². The first-order valence-corrected chi connectivity index (χ1v) is 12.0. The zero-order chi connectivity index (χ0) is 21.7. The Kier molecular flexibility index (Phi) is 10.9. The molecule has 0 spiro atoms. The van der Waals surface area contributed by atoms with E-state index in [0.29, 0.717) is 18.0 Å². The number of β-amino-alcohol motifs (C(OH)–C–C–N with tert-alkyl or cyclic N) is 1. The maximum absolute atomic E-state index is 10.5. The molecule has 2 aliphatic rings. The number of morpholine rings is 1. The third-order valence-electron chi connectivity index (χ3n) is 6.11. The molecule has 0 radical (unpaired) electrons. The van der Waals surface area contributed by atoms with Gasteiger partial charge in [-0.2, -0.15) is 0 Å². The van der Waals surface area contributed by atoms with Gasteiger partial charge in [-0.3, -0.25) is 4.90 Å². The highest BCUT2D eigenvalue weighted by Crippen LogP contribution is 2.28. The van der Waals surface area contributed by atoms with Crippen molar-refractivity contribution in [1.29, 1.82) is 0 Å². The minimum absolute atomic E-state index is 0.279. The summed E-state index contributed by atoms with van der Waals surface area (Å²) < 4.78 is 16.8. The van der Waals surface area contributed by atoms with E-state index in [1.807, 2.05) is 12.1 Å². The molecule has 0 saturated carbocycles. The Morgan fingerprint density at radius 3 is 2.48 bits per heavy atom. The lowest BCUT2D eigenvalue weighted by Gasteiger charge is -2.27. The van der Waals surface area contributed by atoms with E-state index < -0.39 is 6.10 Å². The Morgan fingerprint density at radius 2 is 1.74 bits per heavy atom. The molecule has 2 heterocycles.